The van der Waals surface area contributed by atoms with Gasteiger partial charge in [-0.3, -0.25) is 4.72 Å². The molecule has 1 aromatic rings. The molecule has 0 amide bonds. The van der Waals surface area contributed by atoms with Crippen LogP contribution >= 0.6 is 0 Å². The molecule has 0 unspecified atom stereocenters. The zero-order valence-corrected chi connectivity index (χ0v) is 9.14. The lowest BCUT2D eigenvalue weighted by Gasteiger charge is -2.10. The number of hydrogen-bond acceptors (Lipinski definition) is 3. The fourth-order valence-electron chi connectivity index (χ4n) is 1.12. The number of sulfonamides is 1. The molecule has 0 atom stereocenters. The summed E-state index contributed by atoms with van der Waals surface area (Å²) in [6, 6.07) is 3.01. The molecule has 0 radical (unpaired) electrons. The number of phenolic OH excluding ortho intramolecular Hbond substituents is 1. The minimum atomic E-state index is -3.26. The fraction of sp³-hybridized carbons (Fsp3) is 0.333. The Hall–Kier alpha value is -1.23. The van der Waals surface area contributed by atoms with E-state index in [1.807, 2.05) is 0 Å². The zero-order valence-electron chi connectivity index (χ0n) is 8.33. The van der Waals surface area contributed by atoms with E-state index in [-0.39, 0.29) is 5.75 Å². The van der Waals surface area contributed by atoms with Crippen LogP contribution in [0.15, 0.2) is 12.1 Å². The second kappa shape index (κ2) is 3.49. The Bertz CT molecular complexity index is 451. The monoisotopic (exact) mass is 215 g/mol. The van der Waals surface area contributed by atoms with Crippen LogP contribution in [0, 0.1) is 13.8 Å². The molecular weight excluding hydrogens is 202 g/mol. The molecule has 0 bridgehead atoms. The number of nitrogens with one attached hydrogen (secondary N) is 1. The molecule has 0 aliphatic rings. The third-order valence-electron chi connectivity index (χ3n) is 2.05. The molecule has 0 aliphatic carbocycles. The van der Waals surface area contributed by atoms with E-state index in [0.29, 0.717) is 11.3 Å². The first-order valence-electron chi connectivity index (χ1n) is 4.08. The zero-order chi connectivity index (χ0) is 10.9. The largest absolute Gasteiger partial charge is 0.508 e. The summed E-state index contributed by atoms with van der Waals surface area (Å²) in [5.41, 5.74) is 1.91. The molecule has 1 rings (SSSR count). The third-order valence-corrected chi connectivity index (χ3v) is 2.64. The number of aromatic hydroxyl groups is 1. The smallest absolute Gasteiger partial charge is 0.229 e. The van der Waals surface area contributed by atoms with Gasteiger partial charge in [0.25, 0.3) is 0 Å². The van der Waals surface area contributed by atoms with E-state index in [2.05, 4.69) is 4.72 Å². The highest BCUT2D eigenvalue weighted by Crippen LogP contribution is 2.26. The first kappa shape index (κ1) is 10.8. The summed E-state index contributed by atoms with van der Waals surface area (Å²) >= 11 is 0. The van der Waals surface area contributed by atoms with Gasteiger partial charge in [0.2, 0.25) is 10.0 Å². The summed E-state index contributed by atoms with van der Waals surface area (Å²) in [6.45, 7) is 3.49. The van der Waals surface area contributed by atoms with Crippen LogP contribution in [-0.4, -0.2) is 19.8 Å². The number of rotatable bonds is 2. The van der Waals surface area contributed by atoms with Gasteiger partial charge in [-0.05, 0) is 37.1 Å². The van der Waals surface area contributed by atoms with Crippen LogP contribution in [0.1, 0.15) is 11.1 Å². The maximum atomic E-state index is 11.0. The van der Waals surface area contributed by atoms with Crippen molar-refractivity contribution in [1.82, 2.24) is 0 Å². The van der Waals surface area contributed by atoms with Crippen molar-refractivity contribution in [1.29, 1.82) is 0 Å². The topological polar surface area (TPSA) is 66.4 Å². The van der Waals surface area contributed by atoms with Gasteiger partial charge in [-0.1, -0.05) is 0 Å². The molecule has 0 fully saturated rings. The van der Waals surface area contributed by atoms with Crippen molar-refractivity contribution in [2.24, 2.45) is 0 Å². The van der Waals surface area contributed by atoms with E-state index in [1.165, 1.54) is 6.07 Å². The normalized spacial score (nSPS) is 11.4. The van der Waals surface area contributed by atoms with E-state index in [1.54, 1.807) is 19.9 Å². The van der Waals surface area contributed by atoms with Gasteiger partial charge in [-0.2, -0.15) is 0 Å². The quantitative estimate of drug-likeness (QED) is 0.732. The predicted octanol–water partition coefficient (Wildman–Crippen LogP) is 1.38. The van der Waals surface area contributed by atoms with E-state index in [0.717, 1.165) is 11.8 Å². The molecule has 78 valence electrons. The second-order valence-corrected chi connectivity index (χ2v) is 5.00. The predicted molar refractivity (Wildman–Crippen MR) is 56.0 cm³/mol. The van der Waals surface area contributed by atoms with E-state index in [4.69, 9.17) is 0 Å². The van der Waals surface area contributed by atoms with Crippen molar-refractivity contribution in [3.63, 3.8) is 0 Å². The highest BCUT2D eigenvalue weighted by molar-refractivity contribution is 7.92. The van der Waals surface area contributed by atoms with Crippen LogP contribution in [0.5, 0.6) is 5.75 Å². The maximum absolute atomic E-state index is 11.0. The number of phenols is 1. The molecule has 0 aromatic heterocycles. The molecule has 14 heavy (non-hydrogen) atoms. The van der Waals surface area contributed by atoms with Gasteiger partial charge in [0, 0.05) is 0 Å². The second-order valence-electron chi connectivity index (χ2n) is 3.26. The average molecular weight is 215 g/mol. The molecule has 1 aromatic carbocycles. The van der Waals surface area contributed by atoms with Gasteiger partial charge in [0.15, 0.2) is 0 Å². The van der Waals surface area contributed by atoms with E-state index in [9.17, 15) is 13.5 Å². The van der Waals surface area contributed by atoms with Crippen molar-refractivity contribution in [3.8, 4) is 5.75 Å². The first-order valence-corrected chi connectivity index (χ1v) is 5.97. The summed E-state index contributed by atoms with van der Waals surface area (Å²) in [6.07, 6.45) is 1.09. The van der Waals surface area contributed by atoms with Crippen molar-refractivity contribution in [2.45, 2.75) is 13.8 Å². The third kappa shape index (κ3) is 2.38. The lowest BCUT2D eigenvalue weighted by molar-refractivity contribution is 0.470. The minimum Gasteiger partial charge on any atom is -0.508 e. The van der Waals surface area contributed by atoms with Gasteiger partial charge in [-0.25, -0.2) is 8.42 Å². The number of anilines is 1. The van der Waals surface area contributed by atoms with E-state index < -0.39 is 10.0 Å². The Morgan fingerprint density at radius 3 is 2.29 bits per heavy atom. The number of hydrogen-bond donors (Lipinski definition) is 2. The molecule has 0 saturated carbocycles. The van der Waals surface area contributed by atoms with Crippen LogP contribution in [0.25, 0.3) is 0 Å². The van der Waals surface area contributed by atoms with Crippen molar-refractivity contribution >= 4 is 15.7 Å². The Morgan fingerprint density at radius 2 is 1.79 bits per heavy atom. The molecule has 5 heteroatoms. The molecule has 0 spiro atoms. The average Bonchev–Trinajstić information content (AvgIpc) is 2.04. The Balaban J connectivity index is 3.19. The molecular formula is C9H13NO3S. The fourth-order valence-corrected chi connectivity index (χ4v) is 1.74. The standard InChI is InChI=1S/C9H13NO3S/c1-6-7(2)9(11)5-4-8(6)10-14(3,12)13/h4-5,10-11H,1-3H3. The van der Waals surface area contributed by atoms with Gasteiger partial charge < -0.3 is 5.11 Å². The van der Waals surface area contributed by atoms with Crippen LogP contribution in [0.4, 0.5) is 5.69 Å². The summed E-state index contributed by atoms with van der Waals surface area (Å²) in [7, 11) is -3.26. The molecule has 0 heterocycles. The van der Waals surface area contributed by atoms with Crippen LogP contribution in [-0.2, 0) is 10.0 Å². The van der Waals surface area contributed by atoms with Gasteiger partial charge in [0.1, 0.15) is 5.75 Å². The summed E-state index contributed by atoms with van der Waals surface area (Å²) in [4.78, 5) is 0. The van der Waals surface area contributed by atoms with Gasteiger partial charge in [0.05, 0.1) is 11.9 Å². The Kier molecular flexibility index (Phi) is 2.71. The van der Waals surface area contributed by atoms with Gasteiger partial charge in [-0.15, -0.1) is 0 Å². The van der Waals surface area contributed by atoms with Crippen molar-refractivity contribution < 1.29 is 13.5 Å². The molecule has 0 aliphatic heterocycles. The van der Waals surface area contributed by atoms with Crippen molar-refractivity contribution in [3.05, 3.63) is 23.3 Å². The lowest BCUT2D eigenvalue weighted by atomic mass is 10.1. The van der Waals surface area contributed by atoms with Crippen LogP contribution < -0.4 is 4.72 Å². The summed E-state index contributed by atoms with van der Waals surface area (Å²) < 4.78 is 24.3. The molecule has 0 saturated heterocycles. The van der Waals surface area contributed by atoms with E-state index >= 15 is 0 Å². The highest BCUT2D eigenvalue weighted by Gasteiger charge is 2.08. The molecule has 4 nitrogen and oxygen atoms in total. The minimum absolute atomic E-state index is 0.168. The summed E-state index contributed by atoms with van der Waals surface area (Å²) in [5.74, 6) is 0.168. The SMILES string of the molecule is Cc1c(O)ccc(NS(C)(=O)=O)c1C. The molecule has 2 N–H and O–H groups in total. The first-order chi connectivity index (χ1) is 6.31. The van der Waals surface area contributed by atoms with Crippen LogP contribution in [0.3, 0.4) is 0 Å². The Labute approximate surface area is 83.6 Å². The number of benzene rings is 1. The summed E-state index contributed by atoms with van der Waals surface area (Å²) in [5, 5.41) is 9.35. The Morgan fingerprint density at radius 1 is 1.21 bits per heavy atom. The lowest BCUT2D eigenvalue weighted by Crippen LogP contribution is -2.10. The highest BCUT2D eigenvalue weighted by atomic mass is 32.2. The van der Waals surface area contributed by atoms with Gasteiger partial charge >= 0.3 is 0 Å². The maximum Gasteiger partial charge on any atom is 0.229 e. The van der Waals surface area contributed by atoms with Crippen LogP contribution in [0.2, 0.25) is 0 Å². The van der Waals surface area contributed by atoms with Crippen molar-refractivity contribution in [2.75, 3.05) is 11.0 Å².